The number of nitrogens with zero attached hydrogens (tertiary/aromatic N) is 3. The van der Waals surface area contributed by atoms with Crippen molar-refractivity contribution >= 4 is 21.6 Å². The van der Waals surface area contributed by atoms with Crippen molar-refractivity contribution in [2.75, 3.05) is 32.7 Å². The molecule has 1 aromatic heterocycles. The van der Waals surface area contributed by atoms with Crippen LogP contribution in [0.5, 0.6) is 0 Å². The van der Waals surface area contributed by atoms with E-state index < -0.39 is 10.0 Å². The molecule has 2 heterocycles. The lowest BCUT2D eigenvalue weighted by Gasteiger charge is -2.30. The highest BCUT2D eigenvalue weighted by molar-refractivity contribution is 7.89. The van der Waals surface area contributed by atoms with Gasteiger partial charge in [0.2, 0.25) is 10.0 Å². The molecule has 1 aromatic rings. The number of ether oxygens (including phenoxy) is 1. The van der Waals surface area contributed by atoms with Crippen LogP contribution in [0.4, 0.5) is 0 Å². The number of aromatic nitrogens is 2. The fourth-order valence-electron chi connectivity index (χ4n) is 2.39. The fraction of sp³-hybridized carbons (Fsp3) is 0.750. The highest BCUT2D eigenvalue weighted by Crippen LogP contribution is 2.23. The quantitative estimate of drug-likeness (QED) is 0.738. The van der Waals surface area contributed by atoms with Crippen molar-refractivity contribution in [3.63, 3.8) is 0 Å². The van der Waals surface area contributed by atoms with Gasteiger partial charge in [0.15, 0.2) is 0 Å². The van der Waals surface area contributed by atoms with Crippen LogP contribution in [0.3, 0.4) is 0 Å². The van der Waals surface area contributed by atoms with Crippen LogP contribution in [0.2, 0.25) is 0 Å². The number of sulfonamides is 1. The normalized spacial score (nSPS) is 18.5. The largest absolute Gasteiger partial charge is 0.384 e. The monoisotopic (exact) mass is 321 g/mol. The number of alkyl halides is 1. The minimum absolute atomic E-state index is 0.243. The Balaban J connectivity index is 2.03. The summed E-state index contributed by atoms with van der Waals surface area (Å²) in [5.41, 5.74) is 0. The van der Waals surface area contributed by atoms with Gasteiger partial charge in [-0.1, -0.05) is 0 Å². The molecule has 8 heteroatoms. The standard InChI is InChI=1S/C12H20ClN3O3S/c1-19-10-11-2-5-16(6-3-11)20(17,18)12-8-14-15(9-12)7-4-13/h8-9,11H,2-7,10H2,1H3. The van der Waals surface area contributed by atoms with Gasteiger partial charge in [0.05, 0.1) is 12.7 Å². The lowest BCUT2D eigenvalue weighted by molar-refractivity contribution is 0.121. The van der Waals surface area contributed by atoms with Gasteiger partial charge in [-0.25, -0.2) is 8.42 Å². The molecule has 20 heavy (non-hydrogen) atoms. The van der Waals surface area contributed by atoms with Crippen LogP contribution < -0.4 is 0 Å². The van der Waals surface area contributed by atoms with Gasteiger partial charge in [-0.2, -0.15) is 9.40 Å². The molecule has 0 aromatic carbocycles. The Hall–Kier alpha value is -0.630. The van der Waals surface area contributed by atoms with Gasteiger partial charge in [-0.3, -0.25) is 4.68 Å². The zero-order valence-corrected chi connectivity index (χ0v) is 13.1. The fourth-order valence-corrected chi connectivity index (χ4v) is 3.99. The van der Waals surface area contributed by atoms with E-state index in [1.807, 2.05) is 0 Å². The summed E-state index contributed by atoms with van der Waals surface area (Å²) in [6, 6.07) is 0. The Morgan fingerprint density at radius 2 is 2.15 bits per heavy atom. The zero-order chi connectivity index (χ0) is 14.6. The summed E-state index contributed by atoms with van der Waals surface area (Å²) in [6.07, 6.45) is 4.61. The molecule has 0 aliphatic carbocycles. The van der Waals surface area contributed by atoms with Crippen molar-refractivity contribution in [3.05, 3.63) is 12.4 Å². The first-order valence-corrected chi connectivity index (χ1v) is 8.63. The van der Waals surface area contributed by atoms with Gasteiger partial charge in [0, 0.05) is 38.9 Å². The van der Waals surface area contributed by atoms with Crippen molar-refractivity contribution in [2.45, 2.75) is 24.3 Å². The molecule has 2 rings (SSSR count). The van der Waals surface area contributed by atoms with Crippen LogP contribution in [0, 0.1) is 5.92 Å². The molecular formula is C12H20ClN3O3S. The summed E-state index contributed by atoms with van der Waals surface area (Å²) in [4.78, 5) is 0.243. The maximum absolute atomic E-state index is 12.5. The first-order valence-electron chi connectivity index (χ1n) is 6.65. The average Bonchev–Trinajstić information content (AvgIpc) is 2.90. The van der Waals surface area contributed by atoms with E-state index in [9.17, 15) is 8.42 Å². The van der Waals surface area contributed by atoms with Crippen molar-refractivity contribution in [2.24, 2.45) is 5.92 Å². The van der Waals surface area contributed by atoms with Crippen LogP contribution in [-0.4, -0.2) is 55.2 Å². The van der Waals surface area contributed by atoms with Crippen molar-refractivity contribution in [3.8, 4) is 0 Å². The molecule has 0 radical (unpaired) electrons. The molecule has 1 fully saturated rings. The maximum atomic E-state index is 12.5. The molecule has 6 nitrogen and oxygen atoms in total. The summed E-state index contributed by atoms with van der Waals surface area (Å²) in [5, 5.41) is 4.02. The number of aryl methyl sites for hydroxylation is 1. The lowest BCUT2D eigenvalue weighted by Crippen LogP contribution is -2.39. The second-order valence-corrected chi connectivity index (χ2v) is 7.25. The number of piperidine rings is 1. The van der Waals surface area contributed by atoms with E-state index in [2.05, 4.69) is 5.10 Å². The molecule has 0 atom stereocenters. The predicted molar refractivity (Wildman–Crippen MR) is 76.3 cm³/mol. The van der Waals surface area contributed by atoms with E-state index in [0.29, 0.717) is 38.0 Å². The topological polar surface area (TPSA) is 64.4 Å². The highest BCUT2D eigenvalue weighted by atomic mass is 35.5. The minimum atomic E-state index is -3.43. The molecule has 0 saturated carbocycles. The summed E-state index contributed by atoms with van der Waals surface area (Å²) in [6.45, 7) is 2.28. The lowest BCUT2D eigenvalue weighted by atomic mass is 9.99. The summed E-state index contributed by atoms with van der Waals surface area (Å²) in [7, 11) is -1.76. The van der Waals surface area contributed by atoms with Crippen molar-refractivity contribution in [1.82, 2.24) is 14.1 Å². The van der Waals surface area contributed by atoms with Gasteiger partial charge in [0.25, 0.3) is 0 Å². The molecule has 0 amide bonds. The van der Waals surface area contributed by atoms with E-state index in [-0.39, 0.29) is 4.90 Å². The Morgan fingerprint density at radius 3 is 2.75 bits per heavy atom. The summed E-state index contributed by atoms with van der Waals surface area (Å²) >= 11 is 5.62. The smallest absolute Gasteiger partial charge is 0.246 e. The Morgan fingerprint density at radius 1 is 1.45 bits per heavy atom. The second kappa shape index (κ2) is 6.89. The van der Waals surface area contributed by atoms with E-state index in [4.69, 9.17) is 16.3 Å². The third-order valence-electron chi connectivity index (χ3n) is 3.54. The van der Waals surface area contributed by atoms with Gasteiger partial charge >= 0.3 is 0 Å². The first kappa shape index (κ1) is 15.8. The van der Waals surface area contributed by atoms with E-state index >= 15 is 0 Å². The number of halogens is 1. The van der Waals surface area contributed by atoms with E-state index in [1.165, 1.54) is 10.5 Å². The number of methoxy groups -OCH3 is 1. The van der Waals surface area contributed by atoms with Crippen LogP contribution >= 0.6 is 11.6 Å². The highest BCUT2D eigenvalue weighted by Gasteiger charge is 2.30. The molecular weight excluding hydrogens is 302 g/mol. The predicted octanol–water partition coefficient (Wildman–Crippen LogP) is 1.17. The molecule has 0 spiro atoms. The molecule has 1 saturated heterocycles. The van der Waals surface area contributed by atoms with Crippen LogP contribution in [0.1, 0.15) is 12.8 Å². The van der Waals surface area contributed by atoms with Gasteiger partial charge < -0.3 is 4.74 Å². The Labute approximate surface area is 124 Å². The number of hydrogen-bond acceptors (Lipinski definition) is 4. The van der Waals surface area contributed by atoms with Crippen LogP contribution in [-0.2, 0) is 21.3 Å². The molecule has 114 valence electrons. The molecule has 1 aliphatic rings. The maximum Gasteiger partial charge on any atom is 0.246 e. The third kappa shape index (κ3) is 3.52. The molecule has 0 bridgehead atoms. The van der Waals surface area contributed by atoms with Crippen molar-refractivity contribution < 1.29 is 13.2 Å². The van der Waals surface area contributed by atoms with Crippen molar-refractivity contribution in [1.29, 1.82) is 0 Å². The van der Waals surface area contributed by atoms with Gasteiger partial charge in [-0.15, -0.1) is 11.6 Å². The SMILES string of the molecule is COCC1CCN(S(=O)(=O)c2cnn(CCCl)c2)CC1. The number of rotatable bonds is 6. The Kier molecular flexibility index (Phi) is 5.42. The Bertz CT molecular complexity index is 524. The summed E-state index contributed by atoms with van der Waals surface area (Å²) < 4.78 is 33.2. The second-order valence-electron chi connectivity index (χ2n) is 4.93. The zero-order valence-electron chi connectivity index (χ0n) is 11.5. The molecule has 0 N–H and O–H groups in total. The van der Waals surface area contributed by atoms with Gasteiger partial charge in [-0.05, 0) is 18.8 Å². The average molecular weight is 322 g/mol. The summed E-state index contributed by atoms with van der Waals surface area (Å²) in [5.74, 6) is 0.856. The van der Waals surface area contributed by atoms with E-state index in [1.54, 1.807) is 18.0 Å². The van der Waals surface area contributed by atoms with Crippen LogP contribution in [0.15, 0.2) is 17.3 Å². The number of hydrogen-bond donors (Lipinski definition) is 0. The third-order valence-corrected chi connectivity index (χ3v) is 5.56. The van der Waals surface area contributed by atoms with E-state index in [0.717, 1.165) is 12.8 Å². The van der Waals surface area contributed by atoms with Gasteiger partial charge in [0.1, 0.15) is 4.90 Å². The molecule has 1 aliphatic heterocycles. The van der Waals surface area contributed by atoms with Crippen LogP contribution in [0.25, 0.3) is 0 Å². The first-order chi connectivity index (χ1) is 9.57. The minimum Gasteiger partial charge on any atom is -0.384 e. The molecule has 0 unspecified atom stereocenters.